The van der Waals surface area contributed by atoms with Crippen molar-refractivity contribution in [2.75, 3.05) is 5.88 Å². The van der Waals surface area contributed by atoms with Gasteiger partial charge in [0.05, 0.1) is 5.69 Å². The van der Waals surface area contributed by atoms with Crippen molar-refractivity contribution in [3.63, 3.8) is 0 Å². The number of alkyl halides is 1. The molecule has 2 heterocycles. The molecule has 2 aromatic heterocycles. The average molecular weight is 269 g/mol. The van der Waals surface area contributed by atoms with Crippen LogP contribution >= 0.6 is 11.6 Å². The van der Waals surface area contributed by atoms with Crippen LogP contribution in [0.15, 0.2) is 0 Å². The van der Waals surface area contributed by atoms with Crippen LogP contribution in [0, 0.1) is 6.92 Å². The third kappa shape index (κ3) is 2.03. The molecule has 5 heteroatoms. The highest BCUT2D eigenvalue weighted by Crippen LogP contribution is 2.25. The largest absolute Gasteiger partial charge is 0.310 e. The van der Waals surface area contributed by atoms with E-state index in [0.29, 0.717) is 11.9 Å². The summed E-state index contributed by atoms with van der Waals surface area (Å²) in [7, 11) is 0. The summed E-state index contributed by atoms with van der Waals surface area (Å²) >= 11 is 5.89. The number of hydrogen-bond acceptors (Lipinski definition) is 2. The smallest absolute Gasteiger partial charge is 0.159 e. The second kappa shape index (κ2) is 5.31. The second-order valence-corrected chi connectivity index (χ2v) is 5.05. The van der Waals surface area contributed by atoms with Gasteiger partial charge in [-0.15, -0.1) is 11.6 Å². The van der Waals surface area contributed by atoms with E-state index in [4.69, 9.17) is 16.6 Å². The normalized spacial score (nSPS) is 13.4. The van der Waals surface area contributed by atoms with Gasteiger partial charge in [-0.2, -0.15) is 5.10 Å². The first-order valence-corrected chi connectivity index (χ1v) is 7.17. The topological polar surface area (TPSA) is 35.6 Å². The van der Waals surface area contributed by atoms with Gasteiger partial charge in [0.25, 0.3) is 0 Å². The standard InChI is InChI=1S/C13H21ClN4/c1-5-9(3)18-11(7-8-14)15-12-10(4)16-17(6-2)13(12)18/h9H,5-8H2,1-4H3. The first-order valence-electron chi connectivity index (χ1n) is 6.64. The van der Waals surface area contributed by atoms with Crippen molar-refractivity contribution < 1.29 is 0 Å². The van der Waals surface area contributed by atoms with Crippen LogP contribution in [0.5, 0.6) is 0 Å². The van der Waals surface area contributed by atoms with Crippen LogP contribution in [-0.4, -0.2) is 25.2 Å². The van der Waals surface area contributed by atoms with Gasteiger partial charge in [-0.25, -0.2) is 9.67 Å². The Morgan fingerprint density at radius 2 is 2.06 bits per heavy atom. The van der Waals surface area contributed by atoms with E-state index in [1.165, 1.54) is 0 Å². The van der Waals surface area contributed by atoms with Crippen LogP contribution in [0.2, 0.25) is 0 Å². The maximum absolute atomic E-state index is 5.89. The Hall–Kier alpha value is -1.03. The zero-order valence-corrected chi connectivity index (χ0v) is 12.3. The van der Waals surface area contributed by atoms with E-state index < -0.39 is 0 Å². The van der Waals surface area contributed by atoms with Crippen molar-refractivity contribution in [2.45, 2.75) is 53.1 Å². The maximum atomic E-state index is 5.89. The molecule has 0 fully saturated rings. The Balaban J connectivity index is 2.70. The number of fused-ring (bicyclic) bond motifs is 1. The van der Waals surface area contributed by atoms with E-state index in [-0.39, 0.29) is 0 Å². The second-order valence-electron chi connectivity index (χ2n) is 4.67. The SMILES string of the molecule is CCC(C)n1c(CCCl)nc2c(C)nn(CC)c21. The van der Waals surface area contributed by atoms with E-state index in [2.05, 4.69) is 30.4 Å². The lowest BCUT2D eigenvalue weighted by Crippen LogP contribution is -2.12. The van der Waals surface area contributed by atoms with Gasteiger partial charge in [0.1, 0.15) is 11.3 Å². The lowest BCUT2D eigenvalue weighted by molar-refractivity contribution is 0.506. The highest BCUT2D eigenvalue weighted by atomic mass is 35.5. The van der Waals surface area contributed by atoms with Crippen molar-refractivity contribution in [1.29, 1.82) is 0 Å². The van der Waals surface area contributed by atoms with Gasteiger partial charge in [0.15, 0.2) is 5.65 Å². The van der Waals surface area contributed by atoms with Crippen molar-refractivity contribution in [3.8, 4) is 0 Å². The molecule has 0 saturated heterocycles. The molecule has 0 aliphatic carbocycles. The first-order chi connectivity index (χ1) is 8.63. The van der Waals surface area contributed by atoms with Gasteiger partial charge in [0, 0.05) is 24.9 Å². The van der Waals surface area contributed by atoms with Crippen LogP contribution in [0.3, 0.4) is 0 Å². The predicted octanol–water partition coefficient (Wildman–Crippen LogP) is 3.31. The third-order valence-electron chi connectivity index (χ3n) is 3.47. The summed E-state index contributed by atoms with van der Waals surface area (Å²) in [5.41, 5.74) is 3.17. The minimum Gasteiger partial charge on any atom is -0.310 e. The molecule has 0 aliphatic heterocycles. The molecular formula is C13H21ClN4. The minimum atomic E-state index is 0.426. The van der Waals surface area contributed by atoms with Gasteiger partial charge in [-0.1, -0.05) is 6.92 Å². The van der Waals surface area contributed by atoms with Crippen molar-refractivity contribution in [2.24, 2.45) is 0 Å². The molecule has 0 aromatic carbocycles. The molecule has 18 heavy (non-hydrogen) atoms. The summed E-state index contributed by atoms with van der Waals surface area (Å²) in [5.74, 6) is 1.69. The fourth-order valence-corrected chi connectivity index (χ4v) is 2.53. The molecule has 4 nitrogen and oxygen atoms in total. The molecule has 1 unspecified atom stereocenters. The van der Waals surface area contributed by atoms with Gasteiger partial charge < -0.3 is 4.57 Å². The number of imidazole rings is 1. The van der Waals surface area contributed by atoms with Crippen molar-refractivity contribution in [1.82, 2.24) is 19.3 Å². The maximum Gasteiger partial charge on any atom is 0.159 e. The Morgan fingerprint density at radius 3 is 2.61 bits per heavy atom. The summed E-state index contributed by atoms with van der Waals surface area (Å²) in [6, 6.07) is 0.426. The lowest BCUT2D eigenvalue weighted by Gasteiger charge is -2.16. The van der Waals surface area contributed by atoms with E-state index in [0.717, 1.165) is 42.1 Å². The summed E-state index contributed by atoms with van der Waals surface area (Å²) in [6.07, 6.45) is 1.89. The zero-order valence-electron chi connectivity index (χ0n) is 11.6. The van der Waals surface area contributed by atoms with Crippen molar-refractivity contribution in [3.05, 3.63) is 11.5 Å². The third-order valence-corrected chi connectivity index (χ3v) is 3.66. The molecule has 0 saturated carbocycles. The number of nitrogens with zero attached hydrogens (tertiary/aromatic N) is 4. The highest BCUT2D eigenvalue weighted by Gasteiger charge is 2.20. The van der Waals surface area contributed by atoms with E-state index >= 15 is 0 Å². The lowest BCUT2D eigenvalue weighted by atomic mass is 10.2. The van der Waals surface area contributed by atoms with E-state index in [1.54, 1.807) is 0 Å². The zero-order chi connectivity index (χ0) is 13.3. The number of hydrogen-bond donors (Lipinski definition) is 0. The predicted molar refractivity (Wildman–Crippen MR) is 75.4 cm³/mol. The molecule has 1 atom stereocenters. The van der Waals surface area contributed by atoms with Gasteiger partial charge in [-0.3, -0.25) is 0 Å². The van der Waals surface area contributed by atoms with Gasteiger partial charge in [-0.05, 0) is 27.2 Å². The quantitative estimate of drug-likeness (QED) is 0.780. The molecule has 0 aliphatic rings. The molecule has 0 spiro atoms. The summed E-state index contributed by atoms with van der Waals surface area (Å²) in [6.45, 7) is 9.42. The highest BCUT2D eigenvalue weighted by molar-refractivity contribution is 6.17. The van der Waals surface area contributed by atoms with Crippen LogP contribution in [0.25, 0.3) is 11.2 Å². The molecule has 2 rings (SSSR count). The van der Waals surface area contributed by atoms with E-state index in [1.807, 2.05) is 11.6 Å². The van der Waals surface area contributed by atoms with Crippen LogP contribution in [0.1, 0.15) is 44.8 Å². The Labute approximate surface area is 113 Å². The monoisotopic (exact) mass is 268 g/mol. The van der Waals surface area contributed by atoms with Gasteiger partial charge >= 0.3 is 0 Å². The number of aromatic nitrogens is 4. The Bertz CT molecular complexity index is 541. The first kappa shape index (κ1) is 13.4. The molecule has 0 radical (unpaired) electrons. The number of aryl methyl sites for hydroxylation is 3. The average Bonchev–Trinajstić information content (AvgIpc) is 2.87. The fraction of sp³-hybridized carbons (Fsp3) is 0.692. The molecule has 0 amide bonds. The minimum absolute atomic E-state index is 0.426. The molecule has 100 valence electrons. The van der Waals surface area contributed by atoms with Crippen LogP contribution in [0.4, 0.5) is 0 Å². The molecule has 2 aromatic rings. The number of rotatable bonds is 5. The number of halogens is 1. The Kier molecular flexibility index (Phi) is 3.95. The molecule has 0 N–H and O–H groups in total. The van der Waals surface area contributed by atoms with Gasteiger partial charge in [0.2, 0.25) is 0 Å². The Morgan fingerprint density at radius 1 is 1.33 bits per heavy atom. The van der Waals surface area contributed by atoms with Crippen LogP contribution < -0.4 is 0 Å². The molecular weight excluding hydrogens is 248 g/mol. The summed E-state index contributed by atoms with van der Waals surface area (Å²) < 4.78 is 4.35. The van der Waals surface area contributed by atoms with Crippen LogP contribution in [-0.2, 0) is 13.0 Å². The molecule has 0 bridgehead atoms. The van der Waals surface area contributed by atoms with E-state index in [9.17, 15) is 0 Å². The summed E-state index contributed by atoms with van der Waals surface area (Å²) in [4.78, 5) is 4.73. The summed E-state index contributed by atoms with van der Waals surface area (Å²) in [5, 5.41) is 4.55. The fourth-order valence-electron chi connectivity index (χ4n) is 2.36. The van der Waals surface area contributed by atoms with Crippen molar-refractivity contribution >= 4 is 22.8 Å².